The van der Waals surface area contributed by atoms with E-state index in [0.29, 0.717) is 23.2 Å². The molecule has 0 aromatic heterocycles. The lowest BCUT2D eigenvalue weighted by Gasteiger charge is -2.58. The quantitative estimate of drug-likeness (QED) is 0.732. The third kappa shape index (κ3) is 1.58. The lowest BCUT2D eigenvalue weighted by Crippen LogP contribution is -2.63. The van der Waals surface area contributed by atoms with E-state index in [-0.39, 0.29) is 5.41 Å². The van der Waals surface area contributed by atoms with Gasteiger partial charge in [0.05, 0.1) is 0 Å². The van der Waals surface area contributed by atoms with E-state index in [1.54, 1.807) is 0 Å². The van der Waals surface area contributed by atoms with Gasteiger partial charge in [0, 0.05) is 24.4 Å². The molecule has 0 aromatic rings. The van der Waals surface area contributed by atoms with Crippen LogP contribution in [0.15, 0.2) is 0 Å². The van der Waals surface area contributed by atoms with Gasteiger partial charge in [-0.1, -0.05) is 20.3 Å². The molecule has 0 amide bonds. The van der Waals surface area contributed by atoms with Crippen LogP contribution in [0.1, 0.15) is 65.2 Å². The second-order valence-corrected chi connectivity index (χ2v) is 8.50. The number of hydrogen-bond donors (Lipinski definition) is 1. The minimum Gasteiger partial charge on any atom is -0.313 e. The smallest absolute Gasteiger partial charge is 0.141 e. The fraction of sp³-hybridized carbons (Fsp3) is 0.944. The van der Waals surface area contributed by atoms with E-state index in [9.17, 15) is 4.79 Å². The summed E-state index contributed by atoms with van der Waals surface area (Å²) in [5.74, 6) is 2.98. The van der Waals surface area contributed by atoms with Crippen LogP contribution in [0.2, 0.25) is 0 Å². The molecule has 1 unspecified atom stereocenters. The molecule has 4 aliphatic rings. The molecule has 2 heteroatoms. The third-order valence-corrected chi connectivity index (χ3v) is 7.84. The van der Waals surface area contributed by atoms with Gasteiger partial charge in [-0.05, 0) is 61.7 Å². The second kappa shape index (κ2) is 4.32. The second-order valence-electron chi connectivity index (χ2n) is 8.50. The monoisotopic (exact) mass is 275 g/mol. The van der Waals surface area contributed by atoms with Crippen LogP contribution in [0, 0.1) is 28.6 Å². The Hall–Kier alpha value is -0.370. The number of Topliss-reactive ketones (excluding diaryl/α,β-unsaturated/α-hetero) is 1. The summed E-state index contributed by atoms with van der Waals surface area (Å²) < 4.78 is 0. The number of carbonyl (C=O) groups excluding carboxylic acids is 1. The molecule has 0 aromatic carbocycles. The summed E-state index contributed by atoms with van der Waals surface area (Å²) in [6.45, 7) is 5.76. The van der Waals surface area contributed by atoms with Crippen molar-refractivity contribution in [3.63, 3.8) is 0 Å². The van der Waals surface area contributed by atoms with Crippen molar-refractivity contribution in [1.82, 2.24) is 5.32 Å². The highest BCUT2D eigenvalue weighted by molar-refractivity contribution is 5.86. The third-order valence-electron chi connectivity index (χ3n) is 7.84. The molecule has 2 nitrogen and oxygen atoms in total. The predicted molar refractivity (Wildman–Crippen MR) is 80.4 cm³/mol. The normalized spacial score (nSPS) is 55.0. The van der Waals surface area contributed by atoms with Crippen LogP contribution in [0.5, 0.6) is 0 Å². The minimum atomic E-state index is -0.0505. The number of rotatable bonds is 0. The molecule has 112 valence electrons. The first-order chi connectivity index (χ1) is 9.56. The summed E-state index contributed by atoms with van der Waals surface area (Å²) in [6.07, 6.45) is 10.3. The fourth-order valence-electron chi connectivity index (χ4n) is 6.69. The zero-order valence-corrected chi connectivity index (χ0v) is 13.1. The van der Waals surface area contributed by atoms with Gasteiger partial charge in [-0.15, -0.1) is 0 Å². The molecular weight excluding hydrogens is 246 g/mol. The van der Waals surface area contributed by atoms with Gasteiger partial charge in [-0.2, -0.15) is 0 Å². The van der Waals surface area contributed by atoms with Crippen molar-refractivity contribution < 1.29 is 4.79 Å². The van der Waals surface area contributed by atoms with Gasteiger partial charge in [-0.25, -0.2) is 0 Å². The van der Waals surface area contributed by atoms with Gasteiger partial charge in [0.2, 0.25) is 0 Å². The maximum absolute atomic E-state index is 12.7. The molecule has 1 heterocycles. The van der Waals surface area contributed by atoms with Crippen LogP contribution in [0.3, 0.4) is 0 Å². The Bertz CT molecular complexity index is 433. The van der Waals surface area contributed by atoms with E-state index >= 15 is 0 Å². The van der Waals surface area contributed by atoms with Crippen LogP contribution in [-0.4, -0.2) is 18.4 Å². The Labute approximate surface area is 123 Å². The summed E-state index contributed by atoms with van der Waals surface area (Å²) in [7, 11) is 0. The predicted octanol–water partition coefficient (Wildman–Crippen LogP) is 3.55. The van der Waals surface area contributed by atoms with Crippen LogP contribution in [0.4, 0.5) is 0 Å². The molecule has 0 radical (unpaired) electrons. The van der Waals surface area contributed by atoms with Crippen molar-refractivity contribution in [2.45, 2.75) is 71.3 Å². The topological polar surface area (TPSA) is 29.1 Å². The Balaban J connectivity index is 1.69. The zero-order valence-electron chi connectivity index (χ0n) is 13.1. The van der Waals surface area contributed by atoms with Crippen LogP contribution >= 0.6 is 0 Å². The summed E-state index contributed by atoms with van der Waals surface area (Å²) >= 11 is 0. The molecule has 0 spiro atoms. The maximum atomic E-state index is 12.7. The van der Waals surface area contributed by atoms with E-state index in [4.69, 9.17) is 0 Å². The Morgan fingerprint density at radius 3 is 2.75 bits per heavy atom. The first-order valence-corrected chi connectivity index (χ1v) is 8.82. The number of hydrogen-bond acceptors (Lipinski definition) is 2. The van der Waals surface area contributed by atoms with Crippen LogP contribution < -0.4 is 5.32 Å². The summed E-state index contributed by atoms with van der Waals surface area (Å²) in [5.41, 5.74) is 0.556. The molecule has 20 heavy (non-hydrogen) atoms. The molecule has 1 saturated heterocycles. The first-order valence-electron chi connectivity index (χ1n) is 8.82. The van der Waals surface area contributed by atoms with Gasteiger partial charge in [0.25, 0.3) is 0 Å². The molecule has 6 atom stereocenters. The largest absolute Gasteiger partial charge is 0.313 e. The fourth-order valence-corrected chi connectivity index (χ4v) is 6.69. The van der Waals surface area contributed by atoms with Gasteiger partial charge in [0.1, 0.15) is 5.78 Å². The minimum absolute atomic E-state index is 0.0505. The first kappa shape index (κ1) is 13.3. The van der Waals surface area contributed by atoms with Crippen molar-refractivity contribution in [3.05, 3.63) is 0 Å². The molecule has 3 saturated carbocycles. The number of fused-ring (bicyclic) bond motifs is 5. The van der Waals surface area contributed by atoms with Crippen molar-refractivity contribution in [1.29, 1.82) is 0 Å². The molecule has 3 aliphatic carbocycles. The molecule has 1 N–H and O–H groups in total. The SMILES string of the molecule is C[C@@]12CCC[C@H]1[C@@H]1CCC3NCCC(=O)[C@]3(C)[C@@H]1CC2. The highest BCUT2D eigenvalue weighted by Crippen LogP contribution is 2.63. The van der Waals surface area contributed by atoms with Crippen molar-refractivity contribution in [2.24, 2.45) is 28.6 Å². The van der Waals surface area contributed by atoms with Crippen LogP contribution in [-0.2, 0) is 4.79 Å². The highest BCUT2D eigenvalue weighted by atomic mass is 16.1. The van der Waals surface area contributed by atoms with Crippen molar-refractivity contribution in [3.8, 4) is 0 Å². The number of piperidine rings is 1. The maximum Gasteiger partial charge on any atom is 0.141 e. The summed E-state index contributed by atoms with van der Waals surface area (Å²) in [6, 6.07) is 0.468. The lowest BCUT2D eigenvalue weighted by molar-refractivity contribution is -0.148. The Morgan fingerprint density at radius 1 is 1.05 bits per heavy atom. The number of nitrogens with one attached hydrogen (secondary N) is 1. The number of carbonyl (C=O) groups is 1. The lowest BCUT2D eigenvalue weighted by atomic mass is 9.47. The van der Waals surface area contributed by atoms with Gasteiger partial charge in [-0.3, -0.25) is 4.79 Å². The standard InChI is InChI=1S/C18H29NO/c1-17-9-3-4-13(17)12-5-6-15-18(2,14(12)7-10-17)16(20)8-11-19-15/h12-15,19H,3-11H2,1-2H3/t12-,13-,14+,15?,17-,18+/m0/s1. The van der Waals surface area contributed by atoms with E-state index in [0.717, 1.165) is 24.8 Å². The molecule has 0 bridgehead atoms. The summed E-state index contributed by atoms with van der Waals surface area (Å²) in [5, 5.41) is 3.67. The highest BCUT2D eigenvalue weighted by Gasteiger charge is 2.59. The van der Waals surface area contributed by atoms with Gasteiger partial charge in [0.15, 0.2) is 0 Å². The Morgan fingerprint density at radius 2 is 1.90 bits per heavy atom. The number of ketones is 1. The summed E-state index contributed by atoms with van der Waals surface area (Å²) in [4.78, 5) is 12.7. The van der Waals surface area contributed by atoms with Crippen molar-refractivity contribution >= 4 is 5.78 Å². The Kier molecular flexibility index (Phi) is 2.87. The van der Waals surface area contributed by atoms with Gasteiger partial charge >= 0.3 is 0 Å². The average Bonchev–Trinajstić information content (AvgIpc) is 2.82. The van der Waals surface area contributed by atoms with Crippen LogP contribution in [0.25, 0.3) is 0 Å². The van der Waals surface area contributed by atoms with E-state index < -0.39 is 0 Å². The van der Waals surface area contributed by atoms with Gasteiger partial charge < -0.3 is 5.32 Å². The van der Waals surface area contributed by atoms with E-state index in [1.165, 1.54) is 44.9 Å². The molecule has 1 aliphatic heterocycles. The molecule has 4 rings (SSSR count). The molecule has 4 fully saturated rings. The average molecular weight is 275 g/mol. The zero-order chi connectivity index (χ0) is 14.0. The van der Waals surface area contributed by atoms with Crippen molar-refractivity contribution in [2.75, 3.05) is 6.54 Å². The van der Waals surface area contributed by atoms with E-state index in [1.807, 2.05) is 0 Å². The van der Waals surface area contributed by atoms with E-state index in [2.05, 4.69) is 19.2 Å². The molecular formula is C18H29NO.